The maximum atomic E-state index is 13.1. The number of fused-ring (bicyclic) bond motifs is 1. The minimum Gasteiger partial charge on any atom is -0.387 e. The van der Waals surface area contributed by atoms with Crippen LogP contribution in [-0.4, -0.2) is 5.11 Å². The minimum atomic E-state index is -0.363. The van der Waals surface area contributed by atoms with Gasteiger partial charge in [-0.05, 0) is 42.3 Å². The van der Waals surface area contributed by atoms with Crippen molar-refractivity contribution >= 4 is 21.4 Å². The lowest BCUT2D eigenvalue weighted by Gasteiger charge is -2.15. The van der Waals surface area contributed by atoms with Gasteiger partial charge in [-0.15, -0.1) is 11.3 Å². The highest BCUT2D eigenvalue weighted by atomic mass is 32.1. The molecule has 17 heavy (non-hydrogen) atoms. The second-order valence-electron chi connectivity index (χ2n) is 4.82. The summed E-state index contributed by atoms with van der Waals surface area (Å²) in [6.45, 7) is 0. The van der Waals surface area contributed by atoms with Crippen molar-refractivity contribution in [3.05, 3.63) is 35.0 Å². The number of benzene rings is 1. The molecule has 1 aliphatic rings. The van der Waals surface area contributed by atoms with Gasteiger partial charge in [0.2, 0.25) is 0 Å². The molecule has 0 aliphatic heterocycles. The molecule has 1 aromatic carbocycles. The van der Waals surface area contributed by atoms with E-state index < -0.39 is 0 Å². The molecule has 1 saturated carbocycles. The zero-order valence-corrected chi connectivity index (χ0v) is 10.3. The lowest BCUT2D eigenvalue weighted by atomic mass is 9.99. The Balaban J connectivity index is 1.94. The highest BCUT2D eigenvalue weighted by molar-refractivity contribution is 7.19. The standard InChI is InChI=1S/C14H15FOS/c15-11-6-5-10-7-13(17-12(10)8-11)14(16)9-3-1-2-4-9/h5-9,14,16H,1-4H2. The lowest BCUT2D eigenvalue weighted by molar-refractivity contribution is 0.115. The van der Waals surface area contributed by atoms with Gasteiger partial charge in [-0.3, -0.25) is 0 Å². The van der Waals surface area contributed by atoms with Crippen molar-refractivity contribution in [1.29, 1.82) is 0 Å². The number of hydrogen-bond acceptors (Lipinski definition) is 2. The van der Waals surface area contributed by atoms with Crippen LogP contribution in [0.4, 0.5) is 4.39 Å². The van der Waals surface area contributed by atoms with Gasteiger partial charge in [-0.25, -0.2) is 4.39 Å². The van der Waals surface area contributed by atoms with Crippen LogP contribution < -0.4 is 0 Å². The Hall–Kier alpha value is -0.930. The molecule has 0 spiro atoms. The first kappa shape index (κ1) is 11.2. The summed E-state index contributed by atoms with van der Waals surface area (Å²) in [5.74, 6) is 0.189. The summed E-state index contributed by atoms with van der Waals surface area (Å²) in [5, 5.41) is 11.3. The number of rotatable bonds is 2. The zero-order valence-electron chi connectivity index (χ0n) is 9.53. The van der Waals surface area contributed by atoms with Crippen molar-refractivity contribution in [1.82, 2.24) is 0 Å². The van der Waals surface area contributed by atoms with Crippen LogP contribution in [-0.2, 0) is 0 Å². The lowest BCUT2D eigenvalue weighted by Crippen LogP contribution is -2.06. The Labute approximate surface area is 104 Å². The van der Waals surface area contributed by atoms with E-state index in [-0.39, 0.29) is 11.9 Å². The maximum absolute atomic E-state index is 13.1. The molecule has 2 aromatic rings. The van der Waals surface area contributed by atoms with Crippen molar-refractivity contribution in [3.8, 4) is 0 Å². The normalized spacial score (nSPS) is 18.9. The molecule has 1 atom stereocenters. The number of aliphatic hydroxyl groups is 1. The Morgan fingerprint density at radius 3 is 2.76 bits per heavy atom. The Kier molecular flexibility index (Phi) is 2.89. The van der Waals surface area contributed by atoms with Crippen molar-refractivity contribution in [2.45, 2.75) is 31.8 Å². The molecule has 1 N–H and O–H groups in total. The van der Waals surface area contributed by atoms with Crippen LogP contribution in [0, 0.1) is 11.7 Å². The van der Waals surface area contributed by atoms with Gasteiger partial charge in [0, 0.05) is 9.58 Å². The van der Waals surface area contributed by atoms with E-state index in [9.17, 15) is 9.50 Å². The van der Waals surface area contributed by atoms with Gasteiger partial charge in [0.25, 0.3) is 0 Å². The molecule has 1 aromatic heterocycles. The van der Waals surface area contributed by atoms with Crippen molar-refractivity contribution in [2.75, 3.05) is 0 Å². The van der Waals surface area contributed by atoms with Crippen LogP contribution in [0.3, 0.4) is 0 Å². The maximum Gasteiger partial charge on any atom is 0.124 e. The fraction of sp³-hybridized carbons (Fsp3) is 0.429. The second-order valence-corrected chi connectivity index (χ2v) is 5.94. The van der Waals surface area contributed by atoms with E-state index in [0.717, 1.165) is 27.8 Å². The average Bonchev–Trinajstić information content (AvgIpc) is 2.96. The quantitative estimate of drug-likeness (QED) is 0.844. The second kappa shape index (κ2) is 4.39. The summed E-state index contributed by atoms with van der Waals surface area (Å²) >= 11 is 1.52. The molecule has 90 valence electrons. The number of thiophene rings is 1. The Morgan fingerprint density at radius 1 is 1.24 bits per heavy atom. The highest BCUT2D eigenvalue weighted by Gasteiger charge is 2.25. The van der Waals surface area contributed by atoms with Crippen LogP contribution in [0.2, 0.25) is 0 Å². The molecule has 1 aliphatic carbocycles. The van der Waals surface area contributed by atoms with E-state index in [1.54, 1.807) is 12.1 Å². The SMILES string of the molecule is OC(c1cc2ccc(F)cc2s1)C1CCCC1. The molecule has 1 heterocycles. The predicted molar refractivity (Wildman–Crippen MR) is 68.7 cm³/mol. The first-order chi connectivity index (χ1) is 8.24. The summed E-state index contributed by atoms with van der Waals surface area (Å²) in [7, 11) is 0. The molecule has 1 fully saturated rings. The fourth-order valence-corrected chi connectivity index (χ4v) is 3.85. The van der Waals surface area contributed by atoms with Crippen LogP contribution in [0.15, 0.2) is 24.3 Å². The highest BCUT2D eigenvalue weighted by Crippen LogP contribution is 2.39. The Bertz CT molecular complexity index is 528. The van der Waals surface area contributed by atoms with Gasteiger partial charge in [0.1, 0.15) is 5.82 Å². The van der Waals surface area contributed by atoms with E-state index in [1.165, 1.54) is 30.2 Å². The number of hydrogen-bond donors (Lipinski definition) is 1. The zero-order chi connectivity index (χ0) is 11.8. The monoisotopic (exact) mass is 250 g/mol. The molecule has 1 unspecified atom stereocenters. The smallest absolute Gasteiger partial charge is 0.124 e. The molecular formula is C14H15FOS. The minimum absolute atomic E-state index is 0.207. The first-order valence-corrected chi connectivity index (χ1v) is 6.93. The topological polar surface area (TPSA) is 20.2 Å². The third-order valence-electron chi connectivity index (χ3n) is 3.64. The molecule has 0 saturated heterocycles. The molecule has 0 amide bonds. The van der Waals surface area contributed by atoms with E-state index in [2.05, 4.69) is 0 Å². The van der Waals surface area contributed by atoms with E-state index in [0.29, 0.717) is 5.92 Å². The fourth-order valence-electron chi connectivity index (χ4n) is 2.68. The molecule has 1 nitrogen and oxygen atoms in total. The van der Waals surface area contributed by atoms with E-state index in [4.69, 9.17) is 0 Å². The number of aliphatic hydroxyl groups excluding tert-OH is 1. The average molecular weight is 250 g/mol. The third kappa shape index (κ3) is 2.09. The summed E-state index contributed by atoms with van der Waals surface area (Å²) in [6, 6.07) is 6.81. The van der Waals surface area contributed by atoms with Gasteiger partial charge in [-0.2, -0.15) is 0 Å². The van der Waals surface area contributed by atoms with Crippen molar-refractivity contribution in [3.63, 3.8) is 0 Å². The summed E-state index contributed by atoms with van der Waals surface area (Å²) < 4.78 is 14.0. The first-order valence-electron chi connectivity index (χ1n) is 6.11. The van der Waals surface area contributed by atoms with Gasteiger partial charge >= 0.3 is 0 Å². The number of halogens is 1. The van der Waals surface area contributed by atoms with Gasteiger partial charge in [0.05, 0.1) is 6.10 Å². The van der Waals surface area contributed by atoms with Gasteiger partial charge in [0.15, 0.2) is 0 Å². The van der Waals surface area contributed by atoms with Crippen molar-refractivity contribution < 1.29 is 9.50 Å². The summed E-state index contributed by atoms with van der Waals surface area (Å²) in [5.41, 5.74) is 0. The third-order valence-corrected chi connectivity index (χ3v) is 4.81. The molecule has 3 heteroatoms. The van der Waals surface area contributed by atoms with E-state index in [1.807, 2.05) is 6.07 Å². The predicted octanol–water partition coefficient (Wildman–Crippen LogP) is 4.26. The Morgan fingerprint density at radius 2 is 2.00 bits per heavy atom. The molecule has 0 radical (unpaired) electrons. The van der Waals surface area contributed by atoms with E-state index >= 15 is 0 Å². The van der Waals surface area contributed by atoms with Crippen LogP contribution >= 0.6 is 11.3 Å². The summed E-state index contributed by atoms with van der Waals surface area (Å²) in [4.78, 5) is 0.984. The van der Waals surface area contributed by atoms with Gasteiger partial charge in [-0.1, -0.05) is 18.9 Å². The van der Waals surface area contributed by atoms with Crippen LogP contribution in [0.1, 0.15) is 36.7 Å². The van der Waals surface area contributed by atoms with Crippen LogP contribution in [0.25, 0.3) is 10.1 Å². The molecule has 0 bridgehead atoms. The molecular weight excluding hydrogens is 235 g/mol. The van der Waals surface area contributed by atoms with Crippen molar-refractivity contribution in [2.24, 2.45) is 5.92 Å². The molecule has 3 rings (SSSR count). The largest absolute Gasteiger partial charge is 0.387 e. The summed E-state index contributed by atoms with van der Waals surface area (Å²) in [6.07, 6.45) is 4.31. The van der Waals surface area contributed by atoms with Crippen LogP contribution in [0.5, 0.6) is 0 Å². The van der Waals surface area contributed by atoms with Gasteiger partial charge < -0.3 is 5.11 Å².